The third-order valence-corrected chi connectivity index (χ3v) is 3.93. The highest BCUT2D eigenvalue weighted by Crippen LogP contribution is 2.31. The molecule has 2 aromatic rings. The van der Waals surface area contributed by atoms with E-state index in [1.165, 1.54) is 37.5 Å². The Hall–Kier alpha value is -2.24. The lowest BCUT2D eigenvalue weighted by atomic mass is 9.89. The lowest BCUT2D eigenvalue weighted by Crippen LogP contribution is -2.23. The highest BCUT2D eigenvalue weighted by Gasteiger charge is 2.21. The molecule has 1 N–H and O–H groups in total. The highest BCUT2D eigenvalue weighted by atomic mass is 19.1. The molecule has 1 aromatic heterocycles. The summed E-state index contributed by atoms with van der Waals surface area (Å²) in [6.45, 7) is 0.172. The Morgan fingerprint density at radius 3 is 2.91 bits per heavy atom. The molecule has 0 saturated heterocycles. The van der Waals surface area contributed by atoms with Gasteiger partial charge < -0.3 is 9.84 Å². The predicted octanol–water partition coefficient (Wildman–Crippen LogP) is 3.19. The second-order valence-electron chi connectivity index (χ2n) is 5.58. The summed E-state index contributed by atoms with van der Waals surface area (Å²) in [5.74, 6) is 0.657. The van der Waals surface area contributed by atoms with Crippen molar-refractivity contribution in [2.75, 3.05) is 0 Å². The summed E-state index contributed by atoms with van der Waals surface area (Å²) in [7, 11) is 0. The molecular weight excluding hydrogens is 285 g/mol. The zero-order chi connectivity index (χ0) is 15.4. The van der Waals surface area contributed by atoms with Gasteiger partial charge in [-0.1, -0.05) is 30.5 Å². The fraction of sp³-hybridized carbons (Fsp3) is 0.438. The first-order valence-electron chi connectivity index (χ1n) is 7.58. The molecule has 5 nitrogen and oxygen atoms in total. The molecule has 0 bridgehead atoms. The summed E-state index contributed by atoms with van der Waals surface area (Å²) < 4.78 is 18.4. The third-order valence-electron chi connectivity index (χ3n) is 3.93. The first-order valence-corrected chi connectivity index (χ1v) is 7.58. The van der Waals surface area contributed by atoms with Crippen LogP contribution in [0.15, 0.2) is 28.8 Å². The van der Waals surface area contributed by atoms with Gasteiger partial charge in [-0.05, 0) is 31.0 Å². The highest BCUT2D eigenvalue weighted by molar-refractivity contribution is 5.94. The van der Waals surface area contributed by atoms with Gasteiger partial charge in [-0.15, -0.1) is 0 Å². The van der Waals surface area contributed by atoms with E-state index >= 15 is 0 Å². The molecular formula is C16H18FN3O2. The fourth-order valence-electron chi connectivity index (χ4n) is 2.75. The van der Waals surface area contributed by atoms with E-state index in [9.17, 15) is 9.18 Å². The number of rotatable bonds is 4. The number of halogens is 1. The summed E-state index contributed by atoms with van der Waals surface area (Å²) in [5.41, 5.74) is 0.274. The van der Waals surface area contributed by atoms with Crippen molar-refractivity contribution in [3.63, 3.8) is 0 Å². The van der Waals surface area contributed by atoms with Gasteiger partial charge in [0, 0.05) is 11.5 Å². The first kappa shape index (κ1) is 14.7. The van der Waals surface area contributed by atoms with E-state index in [0.29, 0.717) is 17.6 Å². The molecule has 1 aromatic carbocycles. The van der Waals surface area contributed by atoms with Gasteiger partial charge in [0.1, 0.15) is 5.82 Å². The van der Waals surface area contributed by atoms with E-state index in [1.54, 1.807) is 6.07 Å². The number of nitrogens with one attached hydrogen (secondary N) is 1. The summed E-state index contributed by atoms with van der Waals surface area (Å²) in [5, 5.41) is 6.57. The lowest BCUT2D eigenvalue weighted by Gasteiger charge is -2.17. The van der Waals surface area contributed by atoms with Crippen molar-refractivity contribution in [2.24, 2.45) is 0 Å². The van der Waals surface area contributed by atoms with Gasteiger partial charge in [0.25, 0.3) is 5.91 Å². The average Bonchev–Trinajstić information content (AvgIpc) is 3.02. The van der Waals surface area contributed by atoms with E-state index in [1.807, 2.05) is 0 Å². The molecule has 3 rings (SSSR count). The van der Waals surface area contributed by atoms with Crippen LogP contribution in [0.4, 0.5) is 4.39 Å². The zero-order valence-corrected chi connectivity index (χ0v) is 12.2. The first-order chi connectivity index (χ1) is 10.7. The van der Waals surface area contributed by atoms with Crippen molar-refractivity contribution >= 4 is 5.91 Å². The topological polar surface area (TPSA) is 68.0 Å². The molecule has 0 radical (unpaired) electrons. The third kappa shape index (κ3) is 3.50. The van der Waals surface area contributed by atoms with Crippen LogP contribution in [0.25, 0.3) is 0 Å². The number of aromatic nitrogens is 2. The number of benzene rings is 1. The van der Waals surface area contributed by atoms with Crippen LogP contribution in [0, 0.1) is 5.82 Å². The van der Waals surface area contributed by atoms with Crippen molar-refractivity contribution in [3.8, 4) is 0 Å². The van der Waals surface area contributed by atoms with Crippen molar-refractivity contribution < 1.29 is 13.7 Å². The molecule has 116 valence electrons. The molecule has 1 fully saturated rings. The van der Waals surface area contributed by atoms with E-state index in [2.05, 4.69) is 15.5 Å². The molecule has 1 amide bonds. The summed E-state index contributed by atoms with van der Waals surface area (Å²) >= 11 is 0. The molecule has 1 aliphatic rings. The van der Waals surface area contributed by atoms with E-state index in [0.717, 1.165) is 12.8 Å². The van der Waals surface area contributed by atoms with Crippen LogP contribution < -0.4 is 5.32 Å². The molecule has 1 aliphatic carbocycles. The normalized spacial score (nSPS) is 15.7. The Labute approximate surface area is 127 Å². The Balaban J connectivity index is 1.57. The zero-order valence-electron chi connectivity index (χ0n) is 12.2. The summed E-state index contributed by atoms with van der Waals surface area (Å²) in [6.07, 6.45) is 5.81. The standard InChI is InChI=1S/C16H18FN3O2/c17-13-8-4-7-12(9-13)15(21)18-10-14-19-16(22-20-14)11-5-2-1-3-6-11/h4,7-9,11H,1-3,5-6,10H2,(H,18,21). The van der Waals surface area contributed by atoms with Crippen LogP contribution in [0.5, 0.6) is 0 Å². The second kappa shape index (κ2) is 6.68. The number of carbonyl (C=O) groups is 1. The van der Waals surface area contributed by atoms with Gasteiger partial charge >= 0.3 is 0 Å². The van der Waals surface area contributed by atoms with Crippen LogP contribution >= 0.6 is 0 Å². The van der Waals surface area contributed by atoms with Gasteiger partial charge in [0.05, 0.1) is 6.54 Å². The minimum atomic E-state index is -0.438. The smallest absolute Gasteiger partial charge is 0.251 e. The van der Waals surface area contributed by atoms with Crippen LogP contribution in [0.2, 0.25) is 0 Å². The van der Waals surface area contributed by atoms with E-state index in [4.69, 9.17) is 4.52 Å². The number of hydrogen-bond acceptors (Lipinski definition) is 4. The number of hydrogen-bond donors (Lipinski definition) is 1. The minimum Gasteiger partial charge on any atom is -0.345 e. The Morgan fingerprint density at radius 2 is 2.14 bits per heavy atom. The van der Waals surface area contributed by atoms with Gasteiger partial charge in [0.15, 0.2) is 5.82 Å². The molecule has 22 heavy (non-hydrogen) atoms. The maximum Gasteiger partial charge on any atom is 0.251 e. The van der Waals surface area contributed by atoms with Gasteiger partial charge in [0.2, 0.25) is 5.89 Å². The van der Waals surface area contributed by atoms with Crippen LogP contribution in [0.3, 0.4) is 0 Å². The van der Waals surface area contributed by atoms with Gasteiger partial charge in [-0.3, -0.25) is 4.79 Å². The van der Waals surface area contributed by atoms with Gasteiger partial charge in [-0.25, -0.2) is 4.39 Å². The number of carbonyl (C=O) groups excluding carboxylic acids is 1. The summed E-state index contributed by atoms with van der Waals surface area (Å²) in [4.78, 5) is 16.3. The molecule has 0 spiro atoms. The molecule has 0 aliphatic heterocycles. The number of amides is 1. The largest absolute Gasteiger partial charge is 0.345 e. The van der Waals surface area contributed by atoms with E-state index < -0.39 is 5.82 Å². The second-order valence-corrected chi connectivity index (χ2v) is 5.58. The SMILES string of the molecule is O=C(NCc1noc(C2CCCCC2)n1)c1cccc(F)c1. The Morgan fingerprint density at radius 1 is 1.32 bits per heavy atom. The fourth-order valence-corrected chi connectivity index (χ4v) is 2.75. The maximum atomic E-state index is 13.1. The Kier molecular flexibility index (Phi) is 4.46. The van der Waals surface area contributed by atoms with Crippen molar-refractivity contribution in [1.29, 1.82) is 0 Å². The van der Waals surface area contributed by atoms with Crippen molar-refractivity contribution in [1.82, 2.24) is 15.5 Å². The van der Waals surface area contributed by atoms with Crippen LogP contribution in [-0.4, -0.2) is 16.0 Å². The molecule has 0 atom stereocenters. The summed E-state index contributed by atoms with van der Waals surface area (Å²) in [6, 6.07) is 5.55. The van der Waals surface area contributed by atoms with Crippen molar-refractivity contribution in [2.45, 2.75) is 44.6 Å². The Bertz CT molecular complexity index is 650. The average molecular weight is 303 g/mol. The maximum absolute atomic E-state index is 13.1. The monoisotopic (exact) mass is 303 g/mol. The molecule has 0 unspecified atom stereocenters. The predicted molar refractivity (Wildman–Crippen MR) is 77.7 cm³/mol. The number of nitrogens with zero attached hydrogens (tertiary/aromatic N) is 2. The lowest BCUT2D eigenvalue weighted by molar-refractivity contribution is 0.0949. The van der Waals surface area contributed by atoms with Gasteiger partial charge in [-0.2, -0.15) is 4.98 Å². The molecule has 1 heterocycles. The minimum absolute atomic E-state index is 0.172. The van der Waals surface area contributed by atoms with Crippen LogP contribution in [-0.2, 0) is 6.54 Å². The van der Waals surface area contributed by atoms with Crippen molar-refractivity contribution in [3.05, 3.63) is 47.4 Å². The quantitative estimate of drug-likeness (QED) is 0.942. The van der Waals surface area contributed by atoms with E-state index in [-0.39, 0.29) is 18.0 Å². The molecule has 6 heteroatoms. The molecule has 1 saturated carbocycles. The van der Waals surface area contributed by atoms with Crippen LogP contribution in [0.1, 0.15) is 60.1 Å².